The van der Waals surface area contributed by atoms with Crippen LogP contribution in [0.5, 0.6) is 11.5 Å². The van der Waals surface area contributed by atoms with Gasteiger partial charge in [0.1, 0.15) is 24.6 Å². The molecule has 0 radical (unpaired) electrons. The van der Waals surface area contributed by atoms with Crippen LogP contribution in [0.25, 0.3) is 0 Å². The Morgan fingerprint density at radius 1 is 1.12 bits per heavy atom. The molecular weight excluding hydrogens is 337 g/mol. The van der Waals surface area contributed by atoms with Crippen molar-refractivity contribution in [2.24, 2.45) is 0 Å². The van der Waals surface area contributed by atoms with Crippen molar-refractivity contribution in [3.05, 3.63) is 30.0 Å². The molecule has 0 saturated heterocycles. The van der Waals surface area contributed by atoms with Gasteiger partial charge in [0, 0.05) is 24.0 Å². The zero-order valence-corrected chi connectivity index (χ0v) is 13.1. The average molecular weight is 352 g/mol. The van der Waals surface area contributed by atoms with Crippen LogP contribution in [0.4, 0.5) is 30.6 Å². The van der Waals surface area contributed by atoms with Gasteiger partial charge in [-0.3, -0.25) is 0 Å². The number of ether oxygens (including phenoxy) is 2. The number of rotatable bonds is 3. The van der Waals surface area contributed by atoms with E-state index in [-0.39, 0.29) is 12.0 Å². The molecule has 132 valence electrons. The molecule has 6 nitrogen and oxygen atoms in total. The molecule has 1 aliphatic carbocycles. The van der Waals surface area contributed by atoms with Crippen molar-refractivity contribution in [1.82, 2.24) is 9.97 Å². The molecule has 4 rings (SSSR count). The Bertz CT molecular complexity index is 808. The summed E-state index contributed by atoms with van der Waals surface area (Å²) in [5.41, 5.74) is 5.21. The highest BCUT2D eigenvalue weighted by atomic mass is 19.4. The van der Waals surface area contributed by atoms with Gasteiger partial charge in [0.15, 0.2) is 11.5 Å². The lowest BCUT2D eigenvalue weighted by Gasteiger charge is -2.25. The number of hydrogen-bond donors (Lipinski definition) is 1. The smallest absolute Gasteiger partial charge is 0.421 e. The predicted octanol–water partition coefficient (Wildman–Crippen LogP) is 3.15. The second kappa shape index (κ2) is 5.68. The number of halogens is 3. The number of nitrogens with two attached hydrogens (primary N) is 1. The van der Waals surface area contributed by atoms with Crippen LogP contribution in [0, 0.1) is 0 Å². The van der Waals surface area contributed by atoms with Gasteiger partial charge < -0.3 is 20.1 Å². The van der Waals surface area contributed by atoms with E-state index in [2.05, 4.69) is 9.97 Å². The van der Waals surface area contributed by atoms with Gasteiger partial charge in [-0.1, -0.05) is 0 Å². The second-order valence-corrected chi connectivity index (χ2v) is 5.90. The summed E-state index contributed by atoms with van der Waals surface area (Å²) in [4.78, 5) is 9.58. The first kappa shape index (κ1) is 15.8. The number of benzene rings is 1. The van der Waals surface area contributed by atoms with E-state index in [9.17, 15) is 13.2 Å². The van der Waals surface area contributed by atoms with Crippen LogP contribution in [0.15, 0.2) is 24.4 Å². The van der Waals surface area contributed by atoms with Crippen LogP contribution in [0.3, 0.4) is 0 Å². The van der Waals surface area contributed by atoms with Crippen LogP contribution in [-0.2, 0) is 6.18 Å². The van der Waals surface area contributed by atoms with Crippen molar-refractivity contribution >= 4 is 17.5 Å². The van der Waals surface area contributed by atoms with E-state index in [1.165, 1.54) is 0 Å². The van der Waals surface area contributed by atoms with Crippen molar-refractivity contribution in [2.45, 2.75) is 25.1 Å². The summed E-state index contributed by atoms with van der Waals surface area (Å²) in [5.74, 6) is 0.790. The lowest BCUT2D eigenvalue weighted by Crippen LogP contribution is -2.24. The zero-order chi connectivity index (χ0) is 17.6. The molecule has 1 fully saturated rings. The van der Waals surface area contributed by atoms with Crippen molar-refractivity contribution in [3.8, 4) is 11.5 Å². The Kier molecular flexibility index (Phi) is 3.59. The normalized spacial score (nSPS) is 16.6. The second-order valence-electron chi connectivity index (χ2n) is 5.90. The zero-order valence-electron chi connectivity index (χ0n) is 13.1. The van der Waals surface area contributed by atoms with Crippen LogP contribution in [0.1, 0.15) is 18.4 Å². The first-order chi connectivity index (χ1) is 11.9. The number of anilines is 3. The van der Waals surface area contributed by atoms with Gasteiger partial charge in [-0.2, -0.15) is 18.2 Å². The predicted molar refractivity (Wildman–Crippen MR) is 84.0 cm³/mol. The van der Waals surface area contributed by atoms with Crippen molar-refractivity contribution in [2.75, 3.05) is 23.8 Å². The largest absolute Gasteiger partial charge is 0.486 e. The highest BCUT2D eigenvalue weighted by Gasteiger charge is 2.37. The lowest BCUT2D eigenvalue weighted by atomic mass is 10.2. The molecule has 0 bridgehead atoms. The Balaban J connectivity index is 1.72. The molecule has 1 saturated carbocycles. The van der Waals surface area contributed by atoms with E-state index in [0.717, 1.165) is 24.7 Å². The SMILES string of the molecule is Nc1nc(N(c2ccc3c(c2)OCCO3)C2CC2)ncc1C(F)(F)F. The van der Waals surface area contributed by atoms with Crippen molar-refractivity contribution in [1.29, 1.82) is 0 Å². The fraction of sp³-hybridized carbons (Fsp3) is 0.375. The third kappa shape index (κ3) is 3.01. The first-order valence-electron chi connectivity index (χ1n) is 7.82. The minimum atomic E-state index is -4.58. The number of hydrogen-bond acceptors (Lipinski definition) is 6. The number of nitrogens with zero attached hydrogens (tertiary/aromatic N) is 3. The van der Waals surface area contributed by atoms with E-state index in [1.54, 1.807) is 17.0 Å². The van der Waals surface area contributed by atoms with E-state index in [0.29, 0.717) is 24.7 Å². The Labute approximate surface area is 141 Å². The molecule has 2 heterocycles. The van der Waals surface area contributed by atoms with Gasteiger partial charge in [-0.25, -0.2) is 4.98 Å². The van der Waals surface area contributed by atoms with E-state index >= 15 is 0 Å². The fourth-order valence-electron chi connectivity index (χ4n) is 2.72. The van der Waals surface area contributed by atoms with E-state index in [1.807, 2.05) is 6.07 Å². The van der Waals surface area contributed by atoms with Crippen LogP contribution < -0.4 is 20.1 Å². The molecule has 1 aromatic heterocycles. The number of alkyl halides is 3. The molecule has 25 heavy (non-hydrogen) atoms. The van der Waals surface area contributed by atoms with Crippen LogP contribution in [-0.4, -0.2) is 29.2 Å². The Hall–Kier alpha value is -2.71. The maximum absolute atomic E-state index is 12.9. The van der Waals surface area contributed by atoms with Gasteiger partial charge in [0.2, 0.25) is 5.95 Å². The van der Waals surface area contributed by atoms with E-state index < -0.39 is 17.6 Å². The third-order valence-corrected chi connectivity index (χ3v) is 4.04. The molecule has 1 aliphatic heterocycles. The summed E-state index contributed by atoms with van der Waals surface area (Å²) in [6.07, 6.45) is -2.05. The average Bonchev–Trinajstić information content (AvgIpc) is 3.39. The van der Waals surface area contributed by atoms with Gasteiger partial charge in [0.05, 0.1) is 0 Å². The summed E-state index contributed by atoms with van der Waals surface area (Å²) in [6, 6.07) is 5.48. The van der Waals surface area contributed by atoms with Gasteiger partial charge in [-0.05, 0) is 25.0 Å². The molecule has 2 aromatic rings. The quantitative estimate of drug-likeness (QED) is 0.915. The van der Waals surface area contributed by atoms with Crippen molar-refractivity contribution < 1.29 is 22.6 Å². The number of aromatic nitrogens is 2. The fourth-order valence-corrected chi connectivity index (χ4v) is 2.72. The lowest BCUT2D eigenvalue weighted by molar-refractivity contribution is -0.137. The van der Waals surface area contributed by atoms with E-state index in [4.69, 9.17) is 15.2 Å². The maximum atomic E-state index is 12.9. The molecule has 9 heteroatoms. The Morgan fingerprint density at radius 3 is 2.48 bits per heavy atom. The first-order valence-corrected chi connectivity index (χ1v) is 7.82. The Morgan fingerprint density at radius 2 is 1.84 bits per heavy atom. The molecule has 0 spiro atoms. The van der Waals surface area contributed by atoms with Crippen molar-refractivity contribution in [3.63, 3.8) is 0 Å². The van der Waals surface area contributed by atoms with Crippen LogP contribution in [0.2, 0.25) is 0 Å². The molecule has 0 atom stereocenters. The van der Waals surface area contributed by atoms with Gasteiger partial charge in [-0.15, -0.1) is 0 Å². The van der Waals surface area contributed by atoms with Crippen LogP contribution >= 0.6 is 0 Å². The monoisotopic (exact) mass is 352 g/mol. The number of nitrogen functional groups attached to an aromatic ring is 1. The minimum absolute atomic E-state index is 0.124. The molecule has 0 unspecified atom stereocenters. The maximum Gasteiger partial charge on any atom is 0.421 e. The van der Waals surface area contributed by atoms with Gasteiger partial charge in [0.25, 0.3) is 0 Å². The number of fused-ring (bicyclic) bond motifs is 1. The highest BCUT2D eigenvalue weighted by molar-refractivity contribution is 5.65. The summed E-state index contributed by atoms with van der Waals surface area (Å²) in [5, 5.41) is 0. The highest BCUT2D eigenvalue weighted by Crippen LogP contribution is 2.42. The standard InChI is InChI=1S/C16H15F3N4O2/c17-16(18,19)11-8-21-15(22-14(11)20)23(9-1-2-9)10-3-4-12-13(7-10)25-6-5-24-12/h3-4,7-9H,1-2,5-6H2,(H2,20,21,22). The summed E-state index contributed by atoms with van der Waals surface area (Å²) in [6.45, 7) is 0.931. The van der Waals surface area contributed by atoms with Gasteiger partial charge >= 0.3 is 6.18 Å². The molecule has 2 N–H and O–H groups in total. The summed E-state index contributed by atoms with van der Waals surface area (Å²) < 4.78 is 49.6. The molecule has 0 amide bonds. The molecule has 1 aromatic carbocycles. The summed E-state index contributed by atoms with van der Waals surface area (Å²) >= 11 is 0. The minimum Gasteiger partial charge on any atom is -0.486 e. The molecular formula is C16H15F3N4O2. The third-order valence-electron chi connectivity index (χ3n) is 4.04. The summed E-state index contributed by atoms with van der Waals surface area (Å²) in [7, 11) is 0. The molecule has 2 aliphatic rings. The topological polar surface area (TPSA) is 73.5 Å².